The van der Waals surface area contributed by atoms with Crippen molar-refractivity contribution >= 4 is 17.1 Å². The predicted octanol–water partition coefficient (Wildman–Crippen LogP) is 2.07. The molecule has 0 bridgehead atoms. The van der Waals surface area contributed by atoms with Gasteiger partial charge in [0.05, 0.1) is 0 Å². The van der Waals surface area contributed by atoms with Gasteiger partial charge in [0.25, 0.3) is 0 Å². The van der Waals surface area contributed by atoms with Gasteiger partial charge in [-0.2, -0.15) is 4.98 Å². The third kappa shape index (κ3) is 1.53. The van der Waals surface area contributed by atoms with Gasteiger partial charge < -0.3 is 4.42 Å². The van der Waals surface area contributed by atoms with E-state index in [-0.39, 0.29) is 5.82 Å². The summed E-state index contributed by atoms with van der Waals surface area (Å²) in [7, 11) is 0. The number of para-hydroxylation sites is 1. The second-order valence-electron chi connectivity index (χ2n) is 3.85. The Labute approximate surface area is 92.0 Å². The minimum atomic E-state index is -0.343. The Morgan fingerprint density at radius 1 is 1.38 bits per heavy atom. The van der Waals surface area contributed by atoms with Crippen molar-refractivity contribution in [1.82, 2.24) is 10.4 Å². The lowest BCUT2D eigenvalue weighted by Gasteiger charge is -2.25. The first-order chi connectivity index (χ1) is 7.84. The zero-order valence-corrected chi connectivity index (χ0v) is 8.74. The summed E-state index contributed by atoms with van der Waals surface area (Å²) in [5.74, 6) is -0.343. The normalized spacial score (nSPS) is 16.9. The van der Waals surface area contributed by atoms with Crippen molar-refractivity contribution in [2.45, 2.75) is 12.8 Å². The first-order valence-corrected chi connectivity index (χ1v) is 5.41. The number of nitrogens with zero attached hydrogens (tertiary/aromatic N) is 2. The zero-order chi connectivity index (χ0) is 11.0. The quantitative estimate of drug-likeness (QED) is 0.800. The number of oxazole rings is 1. The molecule has 0 amide bonds. The number of aromatic nitrogens is 1. The van der Waals surface area contributed by atoms with Gasteiger partial charge in [-0.25, -0.2) is 9.82 Å². The highest BCUT2D eigenvalue weighted by Gasteiger charge is 2.17. The van der Waals surface area contributed by atoms with E-state index >= 15 is 0 Å². The van der Waals surface area contributed by atoms with Crippen molar-refractivity contribution in [2.24, 2.45) is 0 Å². The Hall–Kier alpha value is -1.62. The average Bonchev–Trinajstić information content (AvgIpc) is 2.76. The van der Waals surface area contributed by atoms with Crippen molar-refractivity contribution in [3.63, 3.8) is 0 Å². The summed E-state index contributed by atoms with van der Waals surface area (Å²) in [6.07, 6.45) is 2.24. The van der Waals surface area contributed by atoms with Gasteiger partial charge in [-0.1, -0.05) is 6.07 Å². The van der Waals surface area contributed by atoms with Crippen molar-refractivity contribution in [3.8, 4) is 0 Å². The topological polar surface area (TPSA) is 41.3 Å². The van der Waals surface area contributed by atoms with Crippen LogP contribution in [0.5, 0.6) is 0 Å². The highest BCUT2D eigenvalue weighted by atomic mass is 19.1. The Morgan fingerprint density at radius 3 is 3.06 bits per heavy atom. The second kappa shape index (κ2) is 3.75. The van der Waals surface area contributed by atoms with Crippen LogP contribution in [0.4, 0.5) is 10.4 Å². The lowest BCUT2D eigenvalue weighted by molar-refractivity contribution is 0.458. The SMILES string of the molecule is Fc1cccc2oc(N3CCCCN3)nc12. The molecule has 1 aromatic heterocycles. The summed E-state index contributed by atoms with van der Waals surface area (Å²) in [4.78, 5) is 4.16. The van der Waals surface area contributed by atoms with E-state index in [1.807, 2.05) is 5.01 Å². The fraction of sp³-hybridized carbons (Fsp3) is 0.364. The number of benzene rings is 1. The third-order valence-corrected chi connectivity index (χ3v) is 2.70. The standard InChI is InChI=1S/C11H12FN3O/c12-8-4-3-5-9-10(8)14-11(16-9)15-7-2-1-6-13-15/h3-5,13H,1-2,6-7H2. The van der Waals surface area contributed by atoms with Gasteiger partial charge in [-0.05, 0) is 25.0 Å². The molecule has 2 heterocycles. The number of rotatable bonds is 1. The minimum Gasteiger partial charge on any atom is -0.422 e. The fourth-order valence-electron chi connectivity index (χ4n) is 1.87. The van der Waals surface area contributed by atoms with Crippen LogP contribution in [-0.2, 0) is 0 Å². The van der Waals surface area contributed by atoms with Crippen LogP contribution < -0.4 is 10.4 Å². The molecule has 3 rings (SSSR count). The monoisotopic (exact) mass is 221 g/mol. The molecule has 1 aliphatic rings. The molecule has 1 fully saturated rings. The second-order valence-corrected chi connectivity index (χ2v) is 3.85. The van der Waals surface area contributed by atoms with Crippen LogP contribution in [0.1, 0.15) is 12.8 Å². The molecule has 1 saturated heterocycles. The molecule has 2 aromatic rings. The smallest absolute Gasteiger partial charge is 0.313 e. The lowest BCUT2D eigenvalue weighted by Crippen LogP contribution is -2.43. The van der Waals surface area contributed by atoms with Crippen molar-refractivity contribution in [2.75, 3.05) is 18.1 Å². The maximum absolute atomic E-state index is 13.4. The first kappa shape index (κ1) is 9.59. The summed E-state index contributed by atoms with van der Waals surface area (Å²) in [6, 6.07) is 5.17. The number of fused-ring (bicyclic) bond motifs is 1. The fourth-order valence-corrected chi connectivity index (χ4v) is 1.87. The Morgan fingerprint density at radius 2 is 2.31 bits per heavy atom. The molecule has 16 heavy (non-hydrogen) atoms. The van der Waals surface area contributed by atoms with Crippen LogP contribution in [0.3, 0.4) is 0 Å². The van der Waals surface area contributed by atoms with E-state index in [2.05, 4.69) is 10.4 Å². The first-order valence-electron chi connectivity index (χ1n) is 5.41. The van der Waals surface area contributed by atoms with E-state index in [0.717, 1.165) is 25.9 Å². The van der Waals surface area contributed by atoms with E-state index in [4.69, 9.17) is 4.42 Å². The molecule has 84 valence electrons. The van der Waals surface area contributed by atoms with E-state index in [9.17, 15) is 4.39 Å². The van der Waals surface area contributed by atoms with Gasteiger partial charge in [0.15, 0.2) is 11.4 Å². The summed E-state index contributed by atoms with van der Waals surface area (Å²) in [5.41, 5.74) is 3.95. The molecule has 1 aliphatic heterocycles. The summed E-state index contributed by atoms with van der Waals surface area (Å²) in [5, 5.41) is 1.84. The predicted molar refractivity (Wildman–Crippen MR) is 58.5 cm³/mol. The van der Waals surface area contributed by atoms with Gasteiger partial charge in [0.2, 0.25) is 0 Å². The van der Waals surface area contributed by atoms with E-state index in [1.54, 1.807) is 12.1 Å². The Bertz CT molecular complexity index is 505. The maximum Gasteiger partial charge on any atom is 0.313 e. The molecular formula is C11H12FN3O. The van der Waals surface area contributed by atoms with Crippen molar-refractivity contribution in [1.29, 1.82) is 0 Å². The van der Waals surface area contributed by atoms with Gasteiger partial charge in [0, 0.05) is 13.1 Å². The van der Waals surface area contributed by atoms with Crippen LogP contribution in [-0.4, -0.2) is 18.1 Å². The molecule has 1 N–H and O–H groups in total. The minimum absolute atomic E-state index is 0.296. The summed E-state index contributed by atoms with van der Waals surface area (Å²) < 4.78 is 18.9. The molecule has 4 nitrogen and oxygen atoms in total. The van der Waals surface area contributed by atoms with Crippen molar-refractivity contribution < 1.29 is 8.81 Å². The molecule has 1 aromatic carbocycles. The third-order valence-electron chi connectivity index (χ3n) is 2.70. The summed E-state index contributed by atoms with van der Waals surface area (Å²) in [6.45, 7) is 1.75. The molecule has 0 radical (unpaired) electrons. The molecule has 5 heteroatoms. The molecule has 0 unspecified atom stereocenters. The maximum atomic E-state index is 13.4. The molecule has 0 atom stereocenters. The van der Waals surface area contributed by atoms with E-state index in [1.165, 1.54) is 6.07 Å². The van der Waals surface area contributed by atoms with Gasteiger partial charge in [-0.3, -0.25) is 5.01 Å². The number of halogens is 1. The highest BCUT2D eigenvalue weighted by Crippen LogP contribution is 2.23. The van der Waals surface area contributed by atoms with E-state index in [0.29, 0.717) is 17.1 Å². The van der Waals surface area contributed by atoms with Gasteiger partial charge >= 0.3 is 6.01 Å². The summed E-state index contributed by atoms with van der Waals surface area (Å²) >= 11 is 0. The number of anilines is 1. The Balaban J connectivity index is 2.01. The highest BCUT2D eigenvalue weighted by molar-refractivity contribution is 5.75. The lowest BCUT2D eigenvalue weighted by atomic mass is 10.3. The Kier molecular flexibility index (Phi) is 2.25. The van der Waals surface area contributed by atoms with Crippen LogP contribution in [0.25, 0.3) is 11.1 Å². The number of hydrazine groups is 1. The number of nitrogens with one attached hydrogen (secondary N) is 1. The molecule has 0 aliphatic carbocycles. The molecule has 0 spiro atoms. The zero-order valence-electron chi connectivity index (χ0n) is 8.74. The van der Waals surface area contributed by atoms with Gasteiger partial charge in [0.1, 0.15) is 5.52 Å². The number of hydrogen-bond donors (Lipinski definition) is 1. The van der Waals surface area contributed by atoms with Crippen LogP contribution in [0.15, 0.2) is 22.6 Å². The van der Waals surface area contributed by atoms with Gasteiger partial charge in [-0.15, -0.1) is 0 Å². The largest absolute Gasteiger partial charge is 0.422 e. The number of hydrogen-bond acceptors (Lipinski definition) is 4. The van der Waals surface area contributed by atoms with E-state index < -0.39 is 0 Å². The molecule has 0 saturated carbocycles. The van der Waals surface area contributed by atoms with Crippen LogP contribution in [0.2, 0.25) is 0 Å². The average molecular weight is 221 g/mol. The van der Waals surface area contributed by atoms with Crippen LogP contribution in [0, 0.1) is 5.82 Å². The van der Waals surface area contributed by atoms with Crippen LogP contribution >= 0.6 is 0 Å². The molecular weight excluding hydrogens is 209 g/mol. The van der Waals surface area contributed by atoms with Crippen molar-refractivity contribution in [3.05, 3.63) is 24.0 Å².